The second kappa shape index (κ2) is 5.80. The third-order valence-corrected chi connectivity index (χ3v) is 4.48. The topological polar surface area (TPSA) is 21.3 Å². The molecule has 1 atom stereocenters. The maximum absolute atomic E-state index is 5.26. The lowest BCUT2D eigenvalue weighted by molar-refractivity contribution is 0.414. The van der Waals surface area contributed by atoms with Gasteiger partial charge in [0, 0.05) is 5.69 Å². The highest BCUT2D eigenvalue weighted by Gasteiger charge is 2.32. The molecule has 2 heteroatoms. The predicted octanol–water partition coefficient (Wildman–Crippen LogP) is 4.88. The zero-order valence-corrected chi connectivity index (χ0v) is 13.0. The second-order valence-corrected chi connectivity index (χ2v) is 5.98. The third kappa shape index (κ3) is 3.05. The molecule has 0 bridgehead atoms. The molecule has 1 N–H and O–H groups in total. The monoisotopic (exact) mass is 281 g/mol. The number of hydrogen-bond donors (Lipinski definition) is 1. The summed E-state index contributed by atoms with van der Waals surface area (Å²) in [5.41, 5.74) is 5.28. The number of ether oxygens (including phenoxy) is 1. The zero-order valence-electron chi connectivity index (χ0n) is 13.0. The summed E-state index contributed by atoms with van der Waals surface area (Å²) in [7, 11) is 1.71. The molecule has 1 aliphatic carbocycles. The number of benzene rings is 2. The standard InChI is InChI=1S/C19H23NO/c1-13-5-4-6-18(14(13)2)20-19(15-7-8-15)16-9-11-17(21-3)12-10-16/h4-6,9-12,15,19-20H,7-8H2,1-3H3. The van der Waals surface area contributed by atoms with Crippen molar-refractivity contribution >= 4 is 5.69 Å². The van der Waals surface area contributed by atoms with E-state index in [1.54, 1.807) is 7.11 Å². The molecule has 0 amide bonds. The van der Waals surface area contributed by atoms with Crippen molar-refractivity contribution in [1.82, 2.24) is 0 Å². The maximum atomic E-state index is 5.26. The van der Waals surface area contributed by atoms with Gasteiger partial charge in [-0.15, -0.1) is 0 Å². The molecule has 110 valence electrons. The maximum Gasteiger partial charge on any atom is 0.118 e. The number of hydrogen-bond acceptors (Lipinski definition) is 2. The lowest BCUT2D eigenvalue weighted by Gasteiger charge is -2.22. The molecule has 1 unspecified atom stereocenters. The zero-order chi connectivity index (χ0) is 14.8. The minimum atomic E-state index is 0.399. The molecule has 3 rings (SSSR count). The molecule has 2 aromatic rings. The molecule has 0 aromatic heterocycles. The van der Waals surface area contributed by atoms with E-state index in [4.69, 9.17) is 4.74 Å². The van der Waals surface area contributed by atoms with Crippen molar-refractivity contribution < 1.29 is 4.74 Å². The van der Waals surface area contributed by atoms with Crippen molar-refractivity contribution in [2.45, 2.75) is 32.7 Å². The van der Waals surface area contributed by atoms with Crippen LogP contribution in [0.4, 0.5) is 5.69 Å². The highest BCUT2D eigenvalue weighted by atomic mass is 16.5. The summed E-state index contributed by atoms with van der Waals surface area (Å²) in [5, 5.41) is 3.76. The van der Waals surface area contributed by atoms with Gasteiger partial charge in [-0.2, -0.15) is 0 Å². The van der Waals surface area contributed by atoms with Crippen molar-refractivity contribution in [2.24, 2.45) is 5.92 Å². The third-order valence-electron chi connectivity index (χ3n) is 4.48. The molecular weight excluding hydrogens is 258 g/mol. The summed E-state index contributed by atoms with van der Waals surface area (Å²) in [6.45, 7) is 4.36. The number of aryl methyl sites for hydroxylation is 1. The van der Waals surface area contributed by atoms with Crippen LogP contribution < -0.4 is 10.1 Å². The molecule has 0 heterocycles. The summed E-state index contributed by atoms with van der Waals surface area (Å²) in [6.07, 6.45) is 2.63. The fourth-order valence-electron chi connectivity index (χ4n) is 2.79. The van der Waals surface area contributed by atoms with E-state index in [9.17, 15) is 0 Å². The minimum absolute atomic E-state index is 0.399. The van der Waals surface area contributed by atoms with Gasteiger partial charge in [0.25, 0.3) is 0 Å². The Bertz CT molecular complexity index is 614. The Balaban J connectivity index is 1.86. The number of rotatable bonds is 5. The molecule has 0 spiro atoms. The first-order chi connectivity index (χ1) is 10.2. The van der Waals surface area contributed by atoms with Gasteiger partial charge >= 0.3 is 0 Å². The van der Waals surface area contributed by atoms with Gasteiger partial charge in [-0.3, -0.25) is 0 Å². The van der Waals surface area contributed by atoms with Gasteiger partial charge in [0.1, 0.15) is 5.75 Å². The highest BCUT2D eigenvalue weighted by molar-refractivity contribution is 5.55. The van der Waals surface area contributed by atoms with Crippen LogP contribution in [0.25, 0.3) is 0 Å². The molecule has 2 aromatic carbocycles. The van der Waals surface area contributed by atoms with Gasteiger partial charge in [0.2, 0.25) is 0 Å². The normalized spacial score (nSPS) is 15.6. The Labute approximate surface area is 127 Å². The van der Waals surface area contributed by atoms with Crippen LogP contribution >= 0.6 is 0 Å². The van der Waals surface area contributed by atoms with Crippen LogP contribution in [0.3, 0.4) is 0 Å². The van der Waals surface area contributed by atoms with Crippen molar-refractivity contribution in [2.75, 3.05) is 12.4 Å². The highest BCUT2D eigenvalue weighted by Crippen LogP contribution is 2.43. The molecule has 1 aliphatic rings. The predicted molar refractivity (Wildman–Crippen MR) is 88.0 cm³/mol. The Morgan fingerprint density at radius 3 is 2.38 bits per heavy atom. The average molecular weight is 281 g/mol. The van der Waals surface area contributed by atoms with E-state index in [1.807, 2.05) is 0 Å². The van der Waals surface area contributed by atoms with Crippen molar-refractivity contribution in [3.8, 4) is 5.75 Å². The van der Waals surface area contributed by atoms with E-state index in [0.717, 1.165) is 11.7 Å². The minimum Gasteiger partial charge on any atom is -0.497 e. The number of methoxy groups -OCH3 is 1. The lowest BCUT2D eigenvalue weighted by atomic mass is 10.0. The molecule has 1 saturated carbocycles. The van der Waals surface area contributed by atoms with Gasteiger partial charge in [-0.05, 0) is 67.5 Å². The quantitative estimate of drug-likeness (QED) is 0.843. The van der Waals surface area contributed by atoms with E-state index in [0.29, 0.717) is 6.04 Å². The summed E-state index contributed by atoms with van der Waals surface area (Å²) >= 11 is 0. The Hall–Kier alpha value is -1.96. The molecule has 21 heavy (non-hydrogen) atoms. The van der Waals surface area contributed by atoms with Crippen LogP contribution in [-0.4, -0.2) is 7.11 Å². The second-order valence-electron chi connectivity index (χ2n) is 5.98. The van der Waals surface area contributed by atoms with Crippen molar-refractivity contribution in [3.05, 3.63) is 59.2 Å². The lowest BCUT2D eigenvalue weighted by Crippen LogP contribution is -2.14. The summed E-state index contributed by atoms with van der Waals surface area (Å²) in [6, 6.07) is 15.3. The van der Waals surface area contributed by atoms with Gasteiger partial charge in [0.15, 0.2) is 0 Å². The molecule has 2 nitrogen and oxygen atoms in total. The van der Waals surface area contributed by atoms with Crippen molar-refractivity contribution in [1.29, 1.82) is 0 Å². The van der Waals surface area contributed by atoms with Crippen LogP contribution in [0, 0.1) is 19.8 Å². The van der Waals surface area contributed by atoms with E-state index in [-0.39, 0.29) is 0 Å². The van der Waals surface area contributed by atoms with Gasteiger partial charge in [-0.25, -0.2) is 0 Å². The first kappa shape index (κ1) is 14.0. The number of nitrogens with one attached hydrogen (secondary N) is 1. The van der Waals surface area contributed by atoms with E-state index in [2.05, 4.69) is 61.6 Å². The van der Waals surface area contributed by atoms with Crippen LogP contribution in [0.5, 0.6) is 5.75 Å². The summed E-state index contributed by atoms with van der Waals surface area (Å²) in [4.78, 5) is 0. The smallest absolute Gasteiger partial charge is 0.118 e. The Morgan fingerprint density at radius 2 is 1.76 bits per heavy atom. The fourth-order valence-corrected chi connectivity index (χ4v) is 2.79. The SMILES string of the molecule is COc1ccc(C(Nc2cccc(C)c2C)C2CC2)cc1. The van der Waals surface area contributed by atoms with Gasteiger partial charge in [-0.1, -0.05) is 24.3 Å². The first-order valence-electron chi connectivity index (χ1n) is 7.65. The fraction of sp³-hybridized carbons (Fsp3) is 0.368. The van der Waals surface area contributed by atoms with E-state index in [1.165, 1.54) is 35.2 Å². The van der Waals surface area contributed by atoms with Crippen molar-refractivity contribution in [3.63, 3.8) is 0 Å². The van der Waals surface area contributed by atoms with Crippen LogP contribution in [-0.2, 0) is 0 Å². The van der Waals surface area contributed by atoms with Gasteiger partial charge < -0.3 is 10.1 Å². The Morgan fingerprint density at radius 1 is 1.05 bits per heavy atom. The molecule has 0 radical (unpaired) electrons. The largest absolute Gasteiger partial charge is 0.497 e. The van der Waals surface area contributed by atoms with Gasteiger partial charge in [0.05, 0.1) is 13.2 Å². The van der Waals surface area contributed by atoms with Crippen LogP contribution in [0.1, 0.15) is 35.6 Å². The number of anilines is 1. The summed E-state index contributed by atoms with van der Waals surface area (Å²) < 4.78 is 5.26. The molecular formula is C19H23NO. The molecule has 0 saturated heterocycles. The molecule has 0 aliphatic heterocycles. The first-order valence-corrected chi connectivity index (χ1v) is 7.65. The average Bonchev–Trinajstić information content (AvgIpc) is 3.34. The van der Waals surface area contributed by atoms with Crippen LogP contribution in [0.15, 0.2) is 42.5 Å². The molecule has 1 fully saturated rings. The van der Waals surface area contributed by atoms with Crippen LogP contribution in [0.2, 0.25) is 0 Å². The van der Waals surface area contributed by atoms with E-state index < -0.39 is 0 Å². The Kier molecular flexibility index (Phi) is 3.87. The van der Waals surface area contributed by atoms with E-state index >= 15 is 0 Å². The summed E-state index contributed by atoms with van der Waals surface area (Å²) in [5.74, 6) is 1.67.